The van der Waals surface area contributed by atoms with Crippen molar-refractivity contribution < 1.29 is 14.3 Å². The number of carbonyl (C=O) groups excluding carboxylic acids is 1. The number of carbonyl (C=O) groups is 1. The first-order chi connectivity index (χ1) is 14.3. The topological polar surface area (TPSA) is 73.3 Å². The molecule has 0 spiro atoms. The van der Waals surface area contributed by atoms with Crippen LogP contribution in [0.15, 0.2) is 54.6 Å². The zero-order valence-electron chi connectivity index (χ0n) is 18.0. The summed E-state index contributed by atoms with van der Waals surface area (Å²) in [5.41, 5.74) is 3.49. The second-order valence-corrected chi connectivity index (χ2v) is 7.54. The molecule has 1 unspecified atom stereocenters. The number of aryl methyl sites for hydroxylation is 2. The summed E-state index contributed by atoms with van der Waals surface area (Å²) in [7, 11) is 0. The third kappa shape index (κ3) is 5.80. The molecule has 30 heavy (non-hydrogen) atoms. The van der Waals surface area contributed by atoms with Crippen LogP contribution in [-0.2, 0) is 4.79 Å². The van der Waals surface area contributed by atoms with Crippen LogP contribution >= 0.6 is 0 Å². The fraction of sp³-hybridized carbons (Fsp3) is 0.292. The van der Waals surface area contributed by atoms with Crippen LogP contribution in [0.25, 0.3) is 0 Å². The normalized spacial score (nSPS) is 11.8. The molecule has 3 rings (SSSR count). The Hall–Kier alpha value is -3.41. The third-order valence-corrected chi connectivity index (χ3v) is 4.50. The van der Waals surface area contributed by atoms with Gasteiger partial charge >= 0.3 is 6.01 Å². The average Bonchev–Trinajstić information content (AvgIpc) is 2.67. The van der Waals surface area contributed by atoms with E-state index in [0.717, 1.165) is 11.4 Å². The summed E-state index contributed by atoms with van der Waals surface area (Å²) in [6.07, 6.45) is -0.651. The van der Waals surface area contributed by atoms with E-state index in [9.17, 15) is 4.79 Å². The van der Waals surface area contributed by atoms with E-state index in [-0.39, 0.29) is 11.9 Å². The Morgan fingerprint density at radius 3 is 2.20 bits per heavy atom. The van der Waals surface area contributed by atoms with Gasteiger partial charge in [-0.2, -0.15) is 0 Å². The van der Waals surface area contributed by atoms with Crippen LogP contribution in [0.2, 0.25) is 0 Å². The largest absolute Gasteiger partial charge is 0.481 e. The molecule has 156 valence electrons. The minimum Gasteiger partial charge on any atom is -0.481 e. The van der Waals surface area contributed by atoms with Crippen LogP contribution in [-0.4, -0.2) is 22.0 Å². The molecule has 1 amide bonds. The maximum Gasteiger partial charge on any atom is 0.322 e. The molecule has 3 aromatic rings. The highest BCUT2D eigenvalue weighted by Crippen LogP contribution is 2.23. The summed E-state index contributed by atoms with van der Waals surface area (Å²) >= 11 is 0. The Labute approximate surface area is 177 Å². The summed E-state index contributed by atoms with van der Waals surface area (Å²) in [5.74, 6) is 1.40. The van der Waals surface area contributed by atoms with Crippen molar-refractivity contribution in [1.82, 2.24) is 9.97 Å². The van der Waals surface area contributed by atoms with E-state index in [1.807, 2.05) is 44.2 Å². The molecule has 1 N–H and O–H groups in total. The Bertz CT molecular complexity index is 996. The number of nitrogens with zero attached hydrogens (tertiary/aromatic N) is 2. The van der Waals surface area contributed by atoms with E-state index in [0.29, 0.717) is 23.1 Å². The number of hydrogen-bond donors (Lipinski definition) is 1. The average molecular weight is 405 g/mol. The van der Waals surface area contributed by atoms with E-state index in [1.54, 1.807) is 31.2 Å². The van der Waals surface area contributed by atoms with Crippen molar-refractivity contribution in [3.8, 4) is 17.5 Å². The molecule has 1 heterocycles. The number of nitrogens with one attached hydrogen (secondary N) is 1. The lowest BCUT2D eigenvalue weighted by Crippen LogP contribution is -2.30. The fourth-order valence-corrected chi connectivity index (χ4v) is 2.91. The third-order valence-electron chi connectivity index (χ3n) is 4.50. The lowest BCUT2D eigenvalue weighted by atomic mass is 10.0. The molecular formula is C24H27N3O3. The molecule has 0 radical (unpaired) electrons. The monoisotopic (exact) mass is 405 g/mol. The molecule has 0 saturated heterocycles. The molecule has 1 atom stereocenters. The van der Waals surface area contributed by atoms with Gasteiger partial charge in [-0.1, -0.05) is 32.0 Å². The van der Waals surface area contributed by atoms with Crippen molar-refractivity contribution >= 4 is 11.6 Å². The Morgan fingerprint density at radius 2 is 1.57 bits per heavy atom. The Morgan fingerprint density at radius 1 is 0.900 bits per heavy atom. The summed E-state index contributed by atoms with van der Waals surface area (Å²) < 4.78 is 11.5. The molecule has 6 heteroatoms. The smallest absolute Gasteiger partial charge is 0.322 e. The Kier molecular flexibility index (Phi) is 6.67. The summed E-state index contributed by atoms with van der Waals surface area (Å²) in [5, 5.41) is 2.86. The molecule has 0 fully saturated rings. The first-order valence-corrected chi connectivity index (χ1v) is 9.98. The van der Waals surface area contributed by atoms with Gasteiger partial charge < -0.3 is 14.8 Å². The minimum atomic E-state index is -0.651. The van der Waals surface area contributed by atoms with Gasteiger partial charge in [-0.15, -0.1) is 0 Å². The van der Waals surface area contributed by atoms with Gasteiger partial charge in [0.2, 0.25) is 0 Å². The number of benzene rings is 2. The van der Waals surface area contributed by atoms with Crippen molar-refractivity contribution in [1.29, 1.82) is 0 Å². The van der Waals surface area contributed by atoms with Crippen molar-refractivity contribution in [2.75, 3.05) is 5.32 Å². The van der Waals surface area contributed by atoms with Crippen LogP contribution < -0.4 is 14.8 Å². The number of amides is 1. The first kappa shape index (κ1) is 21.3. The van der Waals surface area contributed by atoms with E-state index < -0.39 is 6.10 Å². The highest BCUT2D eigenvalue weighted by molar-refractivity contribution is 5.94. The molecule has 0 aliphatic rings. The van der Waals surface area contributed by atoms with Crippen molar-refractivity contribution in [2.45, 2.75) is 46.6 Å². The van der Waals surface area contributed by atoms with Crippen molar-refractivity contribution in [3.63, 3.8) is 0 Å². The van der Waals surface area contributed by atoms with Crippen molar-refractivity contribution in [2.24, 2.45) is 0 Å². The highest BCUT2D eigenvalue weighted by Gasteiger charge is 2.15. The summed E-state index contributed by atoms with van der Waals surface area (Å²) in [6.45, 7) is 9.76. The van der Waals surface area contributed by atoms with Gasteiger partial charge in [-0.25, -0.2) is 9.97 Å². The number of ether oxygens (including phenoxy) is 2. The van der Waals surface area contributed by atoms with Crippen LogP contribution in [0.3, 0.4) is 0 Å². The molecule has 2 aromatic carbocycles. The number of anilines is 1. The number of aromatic nitrogens is 2. The molecule has 0 aliphatic carbocycles. The molecule has 6 nitrogen and oxygen atoms in total. The van der Waals surface area contributed by atoms with Gasteiger partial charge in [-0.05, 0) is 62.6 Å². The lowest BCUT2D eigenvalue weighted by Gasteiger charge is -2.16. The minimum absolute atomic E-state index is 0.247. The van der Waals surface area contributed by atoms with E-state index in [4.69, 9.17) is 9.47 Å². The van der Waals surface area contributed by atoms with E-state index >= 15 is 0 Å². The molecule has 1 aromatic heterocycles. The number of rotatable bonds is 7. The quantitative estimate of drug-likeness (QED) is 0.568. The van der Waals surface area contributed by atoms with Crippen LogP contribution in [0.4, 0.5) is 5.69 Å². The predicted molar refractivity (Wildman–Crippen MR) is 117 cm³/mol. The SMILES string of the molecule is Cc1cc(C)nc(Oc2cccc(NC(=O)C(C)Oc3ccc(C(C)C)cc3)c2)n1. The molecule has 0 aliphatic heterocycles. The summed E-state index contributed by atoms with van der Waals surface area (Å²) in [4.78, 5) is 21.1. The Balaban J connectivity index is 1.62. The molecular weight excluding hydrogens is 378 g/mol. The lowest BCUT2D eigenvalue weighted by molar-refractivity contribution is -0.122. The van der Waals surface area contributed by atoms with Crippen LogP contribution in [0.1, 0.15) is 43.6 Å². The fourth-order valence-electron chi connectivity index (χ4n) is 2.91. The first-order valence-electron chi connectivity index (χ1n) is 9.98. The van der Waals surface area contributed by atoms with Gasteiger partial charge in [0, 0.05) is 23.1 Å². The van der Waals surface area contributed by atoms with E-state index in [2.05, 4.69) is 29.1 Å². The predicted octanol–water partition coefficient (Wildman–Crippen LogP) is 5.42. The maximum atomic E-state index is 12.5. The van der Waals surface area contributed by atoms with Gasteiger partial charge in [-0.3, -0.25) is 4.79 Å². The maximum absolute atomic E-state index is 12.5. The molecule has 0 bridgehead atoms. The second-order valence-electron chi connectivity index (χ2n) is 7.54. The van der Waals surface area contributed by atoms with Crippen LogP contribution in [0.5, 0.6) is 17.5 Å². The second kappa shape index (κ2) is 9.39. The van der Waals surface area contributed by atoms with Crippen LogP contribution in [0, 0.1) is 13.8 Å². The van der Waals surface area contributed by atoms with Gasteiger partial charge in [0.25, 0.3) is 5.91 Å². The van der Waals surface area contributed by atoms with Gasteiger partial charge in [0.1, 0.15) is 11.5 Å². The van der Waals surface area contributed by atoms with Crippen molar-refractivity contribution in [3.05, 3.63) is 71.5 Å². The van der Waals surface area contributed by atoms with Gasteiger partial charge in [0.05, 0.1) is 0 Å². The van der Waals surface area contributed by atoms with Gasteiger partial charge in [0.15, 0.2) is 6.10 Å². The standard InChI is InChI=1S/C24H27N3O3/c1-15(2)19-9-11-21(12-10-19)29-18(5)23(28)27-20-7-6-8-22(14-20)30-24-25-16(3)13-17(4)26-24/h6-15,18H,1-5H3,(H,27,28). The van der Waals surface area contributed by atoms with E-state index in [1.165, 1.54) is 5.56 Å². The summed E-state index contributed by atoms with van der Waals surface area (Å²) in [6, 6.07) is 17.0. The zero-order valence-corrected chi connectivity index (χ0v) is 18.0. The number of hydrogen-bond acceptors (Lipinski definition) is 5. The highest BCUT2D eigenvalue weighted by atomic mass is 16.5. The zero-order chi connectivity index (χ0) is 21.7. The molecule has 0 saturated carbocycles.